The highest BCUT2D eigenvalue weighted by molar-refractivity contribution is 7.92. The van der Waals surface area contributed by atoms with Crippen LogP contribution in [0, 0.1) is 0 Å². The number of aliphatic hydroxyl groups excluding tert-OH is 1. The Morgan fingerprint density at radius 1 is 1.31 bits per heavy atom. The second-order valence-corrected chi connectivity index (χ2v) is 7.87. The van der Waals surface area contributed by atoms with Crippen molar-refractivity contribution in [3.8, 4) is 0 Å². The van der Waals surface area contributed by atoms with Crippen molar-refractivity contribution in [3.63, 3.8) is 0 Å². The summed E-state index contributed by atoms with van der Waals surface area (Å²) in [6.45, 7) is 7.76. The second-order valence-electron chi connectivity index (χ2n) is 5.00. The minimum absolute atomic E-state index is 0.136. The van der Waals surface area contributed by atoms with E-state index in [4.69, 9.17) is 5.11 Å². The molecule has 0 rings (SSSR count). The first-order valence-corrected chi connectivity index (χ1v) is 7.46. The topological polar surface area (TPSA) is 66.4 Å². The zero-order chi connectivity index (χ0) is 12.8. The van der Waals surface area contributed by atoms with E-state index in [1.165, 1.54) is 0 Å². The maximum absolute atomic E-state index is 11.8. The SMILES string of the molecule is CCC(CCO)NCCS(=O)(=O)C(C)(C)C. The van der Waals surface area contributed by atoms with Gasteiger partial charge in [0.1, 0.15) is 0 Å². The molecule has 0 saturated heterocycles. The molecule has 0 amide bonds. The highest BCUT2D eigenvalue weighted by atomic mass is 32.2. The summed E-state index contributed by atoms with van der Waals surface area (Å²) in [5.74, 6) is 0.151. The van der Waals surface area contributed by atoms with Gasteiger partial charge in [-0.05, 0) is 33.6 Å². The average Bonchev–Trinajstić information content (AvgIpc) is 2.14. The molecule has 4 nitrogen and oxygen atoms in total. The van der Waals surface area contributed by atoms with E-state index in [0.717, 1.165) is 6.42 Å². The summed E-state index contributed by atoms with van der Waals surface area (Å²) >= 11 is 0. The lowest BCUT2D eigenvalue weighted by Gasteiger charge is -2.21. The molecule has 0 aromatic heterocycles. The van der Waals surface area contributed by atoms with Gasteiger partial charge >= 0.3 is 0 Å². The molecule has 98 valence electrons. The van der Waals surface area contributed by atoms with Crippen molar-refractivity contribution in [3.05, 3.63) is 0 Å². The van der Waals surface area contributed by atoms with Gasteiger partial charge in [-0.3, -0.25) is 0 Å². The zero-order valence-electron chi connectivity index (χ0n) is 10.8. The van der Waals surface area contributed by atoms with Crippen LogP contribution >= 0.6 is 0 Å². The summed E-state index contributed by atoms with van der Waals surface area (Å²) in [4.78, 5) is 0. The van der Waals surface area contributed by atoms with Crippen LogP contribution in [-0.2, 0) is 9.84 Å². The van der Waals surface area contributed by atoms with Gasteiger partial charge in [0, 0.05) is 19.2 Å². The van der Waals surface area contributed by atoms with Gasteiger partial charge in [-0.2, -0.15) is 0 Å². The fourth-order valence-corrected chi connectivity index (χ4v) is 2.31. The van der Waals surface area contributed by atoms with Gasteiger partial charge in [0.15, 0.2) is 9.84 Å². The Morgan fingerprint density at radius 3 is 2.25 bits per heavy atom. The van der Waals surface area contributed by atoms with Crippen LogP contribution in [0.15, 0.2) is 0 Å². The lowest BCUT2D eigenvalue weighted by molar-refractivity contribution is 0.263. The van der Waals surface area contributed by atoms with E-state index in [1.54, 1.807) is 20.8 Å². The monoisotopic (exact) mass is 251 g/mol. The summed E-state index contributed by atoms with van der Waals surface area (Å²) < 4.78 is 22.9. The Balaban J connectivity index is 4.07. The third-order valence-corrected chi connectivity index (χ3v) is 5.31. The number of sulfone groups is 1. The summed E-state index contributed by atoms with van der Waals surface area (Å²) in [6, 6.07) is 0.208. The average molecular weight is 251 g/mol. The molecule has 5 heteroatoms. The van der Waals surface area contributed by atoms with Crippen LogP contribution in [0.1, 0.15) is 40.5 Å². The van der Waals surface area contributed by atoms with Crippen LogP contribution in [0.2, 0.25) is 0 Å². The van der Waals surface area contributed by atoms with E-state index in [9.17, 15) is 8.42 Å². The van der Waals surface area contributed by atoms with E-state index in [0.29, 0.717) is 13.0 Å². The molecule has 1 unspecified atom stereocenters. The number of rotatable bonds is 7. The minimum atomic E-state index is -3.04. The van der Waals surface area contributed by atoms with E-state index in [2.05, 4.69) is 5.32 Å². The largest absolute Gasteiger partial charge is 0.396 e. The molecule has 0 aliphatic heterocycles. The number of aliphatic hydroxyl groups is 1. The molecule has 0 saturated carbocycles. The normalized spacial score (nSPS) is 15.1. The molecular weight excluding hydrogens is 226 g/mol. The van der Waals surface area contributed by atoms with E-state index in [-0.39, 0.29) is 18.4 Å². The Kier molecular flexibility index (Phi) is 6.51. The highest BCUT2D eigenvalue weighted by Gasteiger charge is 2.28. The molecule has 0 fully saturated rings. The molecule has 16 heavy (non-hydrogen) atoms. The van der Waals surface area contributed by atoms with Crippen molar-refractivity contribution in [1.82, 2.24) is 5.32 Å². The number of nitrogens with one attached hydrogen (secondary N) is 1. The number of hydrogen-bond donors (Lipinski definition) is 2. The minimum Gasteiger partial charge on any atom is -0.396 e. The van der Waals surface area contributed by atoms with Gasteiger partial charge in [-0.1, -0.05) is 6.92 Å². The van der Waals surface area contributed by atoms with Crippen LogP contribution in [0.4, 0.5) is 0 Å². The first kappa shape index (κ1) is 15.9. The molecule has 0 radical (unpaired) electrons. The Labute approximate surface area is 99.4 Å². The predicted molar refractivity (Wildman–Crippen MR) is 67.3 cm³/mol. The molecule has 0 heterocycles. The summed E-state index contributed by atoms with van der Waals surface area (Å²) in [7, 11) is -3.04. The Bertz CT molecular complexity index is 280. The molecule has 1 atom stereocenters. The number of hydrogen-bond acceptors (Lipinski definition) is 4. The summed E-state index contributed by atoms with van der Waals surface area (Å²) in [6.07, 6.45) is 1.57. The third-order valence-electron chi connectivity index (χ3n) is 2.71. The Hall–Kier alpha value is -0.130. The maximum atomic E-state index is 11.8. The second kappa shape index (κ2) is 6.57. The van der Waals surface area contributed by atoms with Crippen molar-refractivity contribution >= 4 is 9.84 Å². The van der Waals surface area contributed by atoms with Crippen LogP contribution < -0.4 is 5.32 Å². The van der Waals surface area contributed by atoms with Gasteiger partial charge < -0.3 is 10.4 Å². The van der Waals surface area contributed by atoms with Crippen molar-refractivity contribution in [1.29, 1.82) is 0 Å². The molecule has 0 aromatic rings. The molecule has 0 aromatic carbocycles. The van der Waals surface area contributed by atoms with Gasteiger partial charge in [0.2, 0.25) is 0 Å². The van der Waals surface area contributed by atoms with Crippen molar-refractivity contribution < 1.29 is 13.5 Å². The van der Waals surface area contributed by atoms with E-state index < -0.39 is 14.6 Å². The van der Waals surface area contributed by atoms with Gasteiger partial charge in [-0.25, -0.2) is 8.42 Å². The Morgan fingerprint density at radius 2 is 1.88 bits per heavy atom. The van der Waals surface area contributed by atoms with E-state index >= 15 is 0 Å². The van der Waals surface area contributed by atoms with E-state index in [1.807, 2.05) is 6.92 Å². The fraction of sp³-hybridized carbons (Fsp3) is 1.00. The standard InChI is InChI=1S/C11H25NO3S/c1-5-10(6-8-13)12-7-9-16(14,15)11(2,3)4/h10,12-13H,5-9H2,1-4H3. The summed E-state index contributed by atoms with van der Waals surface area (Å²) in [5, 5.41) is 12.0. The molecule has 2 N–H and O–H groups in total. The first-order valence-electron chi connectivity index (χ1n) is 5.81. The maximum Gasteiger partial charge on any atom is 0.156 e. The van der Waals surface area contributed by atoms with Crippen LogP contribution in [0.5, 0.6) is 0 Å². The molecule has 0 aliphatic carbocycles. The van der Waals surface area contributed by atoms with Crippen molar-refractivity contribution in [2.45, 2.75) is 51.3 Å². The highest BCUT2D eigenvalue weighted by Crippen LogP contribution is 2.15. The fourth-order valence-electron chi connectivity index (χ4n) is 1.31. The molecular formula is C11H25NO3S. The van der Waals surface area contributed by atoms with Gasteiger partial charge in [0.05, 0.1) is 10.5 Å². The third kappa shape index (κ3) is 5.27. The predicted octanol–water partition coefficient (Wildman–Crippen LogP) is 0.950. The summed E-state index contributed by atoms with van der Waals surface area (Å²) in [5.41, 5.74) is 0. The molecule has 0 aliphatic rings. The lowest BCUT2D eigenvalue weighted by atomic mass is 10.1. The van der Waals surface area contributed by atoms with Crippen LogP contribution in [0.25, 0.3) is 0 Å². The van der Waals surface area contributed by atoms with Gasteiger partial charge in [0.25, 0.3) is 0 Å². The van der Waals surface area contributed by atoms with Crippen LogP contribution in [-0.4, -0.2) is 43.2 Å². The quantitative estimate of drug-likeness (QED) is 0.707. The van der Waals surface area contributed by atoms with Crippen molar-refractivity contribution in [2.24, 2.45) is 0 Å². The zero-order valence-corrected chi connectivity index (χ0v) is 11.6. The van der Waals surface area contributed by atoms with Crippen LogP contribution in [0.3, 0.4) is 0 Å². The van der Waals surface area contributed by atoms with Crippen molar-refractivity contribution in [2.75, 3.05) is 18.9 Å². The smallest absolute Gasteiger partial charge is 0.156 e. The molecule has 0 bridgehead atoms. The molecule has 0 spiro atoms. The lowest BCUT2D eigenvalue weighted by Crippen LogP contribution is -2.38. The van der Waals surface area contributed by atoms with Gasteiger partial charge in [-0.15, -0.1) is 0 Å². The first-order chi connectivity index (χ1) is 7.24.